The maximum Gasteiger partial charge on any atom is 0.321 e. The first-order valence-corrected chi connectivity index (χ1v) is 6.27. The molecule has 1 aromatic carbocycles. The number of nitrogens with zero attached hydrogens (tertiary/aromatic N) is 2. The number of benzene rings is 1. The lowest BCUT2D eigenvalue weighted by molar-refractivity contribution is 0.156. The van der Waals surface area contributed by atoms with Gasteiger partial charge in [-0.25, -0.2) is 4.79 Å². The van der Waals surface area contributed by atoms with E-state index in [9.17, 15) is 4.79 Å². The topological polar surface area (TPSA) is 74.6 Å². The lowest BCUT2D eigenvalue weighted by Gasteiger charge is -2.21. The Morgan fingerprint density at radius 1 is 1.40 bits per heavy atom. The highest BCUT2D eigenvalue weighted by Gasteiger charge is 2.13. The largest absolute Gasteiger partial charge is 0.497 e. The number of nitriles is 1. The number of hydrogen-bond donors (Lipinski definition) is 1. The molecule has 1 N–H and O–H groups in total. The maximum absolute atomic E-state index is 12.1. The zero-order valence-corrected chi connectivity index (χ0v) is 11.8. The highest BCUT2D eigenvalue weighted by Crippen LogP contribution is 2.17. The van der Waals surface area contributed by atoms with E-state index in [0.29, 0.717) is 31.1 Å². The van der Waals surface area contributed by atoms with Crippen molar-refractivity contribution in [1.82, 2.24) is 4.90 Å². The van der Waals surface area contributed by atoms with Crippen molar-refractivity contribution in [2.75, 3.05) is 39.2 Å². The molecule has 1 aromatic rings. The summed E-state index contributed by atoms with van der Waals surface area (Å²) in [4.78, 5) is 13.7. The standard InChI is InChI=1S/C14H19N3O3/c1-19-10-9-17(8-4-7-15)14(18)16-12-5-3-6-13(11-12)20-2/h3,5-6,11H,4,8-10H2,1-2H3,(H,16,18). The summed E-state index contributed by atoms with van der Waals surface area (Å²) in [6, 6.07) is 8.87. The molecule has 0 aliphatic heterocycles. The molecule has 0 atom stereocenters. The summed E-state index contributed by atoms with van der Waals surface area (Å²) < 4.78 is 10.1. The summed E-state index contributed by atoms with van der Waals surface area (Å²) in [6.07, 6.45) is 0.287. The second kappa shape index (κ2) is 8.77. The Kier molecular flexibility index (Phi) is 6.93. The molecule has 20 heavy (non-hydrogen) atoms. The second-order valence-corrected chi connectivity index (χ2v) is 4.05. The Labute approximate surface area is 118 Å². The van der Waals surface area contributed by atoms with Gasteiger partial charge in [-0.05, 0) is 12.1 Å². The van der Waals surface area contributed by atoms with Gasteiger partial charge in [-0.2, -0.15) is 5.26 Å². The minimum Gasteiger partial charge on any atom is -0.497 e. The minimum absolute atomic E-state index is 0.259. The third-order valence-corrected chi connectivity index (χ3v) is 2.67. The molecule has 6 heteroatoms. The minimum atomic E-state index is -0.259. The average molecular weight is 277 g/mol. The van der Waals surface area contributed by atoms with Crippen molar-refractivity contribution in [2.45, 2.75) is 6.42 Å². The quantitative estimate of drug-likeness (QED) is 0.828. The van der Waals surface area contributed by atoms with E-state index in [4.69, 9.17) is 14.7 Å². The Hall–Kier alpha value is -2.26. The molecule has 0 bridgehead atoms. The van der Waals surface area contributed by atoms with E-state index < -0.39 is 0 Å². The number of nitrogens with one attached hydrogen (secondary N) is 1. The fourth-order valence-corrected chi connectivity index (χ4v) is 1.60. The Bertz CT molecular complexity index is 471. The maximum atomic E-state index is 12.1. The van der Waals surface area contributed by atoms with Crippen LogP contribution in [-0.4, -0.2) is 44.8 Å². The number of amides is 2. The Morgan fingerprint density at radius 2 is 2.20 bits per heavy atom. The van der Waals surface area contributed by atoms with Gasteiger partial charge in [-0.3, -0.25) is 0 Å². The van der Waals surface area contributed by atoms with Gasteiger partial charge in [-0.15, -0.1) is 0 Å². The van der Waals surface area contributed by atoms with Crippen LogP contribution in [0.15, 0.2) is 24.3 Å². The van der Waals surface area contributed by atoms with Crippen LogP contribution in [0.2, 0.25) is 0 Å². The van der Waals surface area contributed by atoms with Crippen LogP contribution in [0.5, 0.6) is 5.75 Å². The van der Waals surface area contributed by atoms with E-state index in [-0.39, 0.29) is 12.5 Å². The van der Waals surface area contributed by atoms with Crippen LogP contribution >= 0.6 is 0 Å². The van der Waals surface area contributed by atoms with Gasteiger partial charge in [0.15, 0.2) is 0 Å². The zero-order chi connectivity index (χ0) is 14.8. The molecule has 0 aliphatic carbocycles. The third-order valence-electron chi connectivity index (χ3n) is 2.67. The summed E-state index contributed by atoms with van der Waals surface area (Å²) in [6.45, 7) is 1.24. The number of methoxy groups -OCH3 is 2. The van der Waals surface area contributed by atoms with Crippen molar-refractivity contribution in [3.8, 4) is 11.8 Å². The van der Waals surface area contributed by atoms with E-state index in [0.717, 1.165) is 0 Å². The number of hydrogen-bond acceptors (Lipinski definition) is 4. The van der Waals surface area contributed by atoms with Crippen LogP contribution < -0.4 is 10.1 Å². The highest BCUT2D eigenvalue weighted by atomic mass is 16.5. The molecule has 0 spiro atoms. The molecule has 0 heterocycles. The molecule has 6 nitrogen and oxygen atoms in total. The van der Waals surface area contributed by atoms with E-state index in [1.807, 2.05) is 6.07 Å². The molecule has 0 fully saturated rings. The molecule has 2 amide bonds. The molecule has 0 saturated carbocycles. The second-order valence-electron chi connectivity index (χ2n) is 4.05. The average Bonchev–Trinajstić information content (AvgIpc) is 2.47. The zero-order valence-electron chi connectivity index (χ0n) is 11.8. The summed E-state index contributed by atoms with van der Waals surface area (Å²) in [5, 5.41) is 11.4. The lowest BCUT2D eigenvalue weighted by atomic mass is 10.3. The number of anilines is 1. The summed E-state index contributed by atoms with van der Waals surface area (Å²) >= 11 is 0. The summed E-state index contributed by atoms with van der Waals surface area (Å²) in [7, 11) is 3.14. The van der Waals surface area contributed by atoms with Crippen LogP contribution in [0.4, 0.5) is 10.5 Å². The first-order chi connectivity index (χ1) is 9.71. The van der Waals surface area contributed by atoms with Gasteiger partial charge >= 0.3 is 6.03 Å². The molecule has 108 valence electrons. The Morgan fingerprint density at radius 3 is 2.85 bits per heavy atom. The molecule has 0 aromatic heterocycles. The van der Waals surface area contributed by atoms with Gasteiger partial charge in [0, 0.05) is 32.0 Å². The molecule has 0 unspecified atom stereocenters. The van der Waals surface area contributed by atoms with Crippen molar-refractivity contribution < 1.29 is 14.3 Å². The van der Waals surface area contributed by atoms with Crippen molar-refractivity contribution in [3.63, 3.8) is 0 Å². The van der Waals surface area contributed by atoms with Crippen molar-refractivity contribution in [1.29, 1.82) is 5.26 Å². The smallest absolute Gasteiger partial charge is 0.321 e. The predicted molar refractivity (Wildman–Crippen MR) is 75.7 cm³/mol. The number of rotatable bonds is 7. The van der Waals surface area contributed by atoms with E-state index in [1.165, 1.54) is 0 Å². The molecular weight excluding hydrogens is 258 g/mol. The first kappa shape index (κ1) is 15.8. The van der Waals surface area contributed by atoms with Gasteiger partial charge in [0.2, 0.25) is 0 Å². The van der Waals surface area contributed by atoms with Gasteiger partial charge < -0.3 is 19.7 Å². The fraction of sp³-hybridized carbons (Fsp3) is 0.429. The number of urea groups is 1. The van der Waals surface area contributed by atoms with Crippen LogP contribution in [0, 0.1) is 11.3 Å². The van der Waals surface area contributed by atoms with Gasteiger partial charge in [0.25, 0.3) is 0 Å². The lowest BCUT2D eigenvalue weighted by Crippen LogP contribution is -2.37. The Balaban J connectivity index is 2.66. The molecular formula is C14H19N3O3. The van der Waals surface area contributed by atoms with Crippen LogP contribution in [0.25, 0.3) is 0 Å². The molecule has 0 radical (unpaired) electrons. The first-order valence-electron chi connectivity index (χ1n) is 6.27. The van der Waals surface area contributed by atoms with Gasteiger partial charge in [-0.1, -0.05) is 6.07 Å². The number of ether oxygens (including phenoxy) is 2. The van der Waals surface area contributed by atoms with Crippen molar-refractivity contribution >= 4 is 11.7 Å². The number of carbonyl (C=O) groups is 1. The molecule has 0 aliphatic rings. The van der Waals surface area contributed by atoms with Crippen LogP contribution in [0.3, 0.4) is 0 Å². The predicted octanol–water partition coefficient (Wildman–Crippen LogP) is 2.09. The van der Waals surface area contributed by atoms with Crippen molar-refractivity contribution in [2.24, 2.45) is 0 Å². The number of carbonyl (C=O) groups excluding carboxylic acids is 1. The van der Waals surface area contributed by atoms with Gasteiger partial charge in [0.1, 0.15) is 5.75 Å². The summed E-state index contributed by atoms with van der Waals surface area (Å²) in [5.74, 6) is 0.670. The van der Waals surface area contributed by atoms with Gasteiger partial charge in [0.05, 0.1) is 26.2 Å². The SMILES string of the molecule is COCCN(CCC#N)C(=O)Nc1cccc(OC)c1. The van der Waals surface area contributed by atoms with E-state index >= 15 is 0 Å². The fourth-order valence-electron chi connectivity index (χ4n) is 1.60. The third kappa shape index (κ3) is 5.16. The molecule has 0 saturated heterocycles. The summed E-state index contributed by atoms with van der Waals surface area (Å²) in [5.41, 5.74) is 0.647. The highest BCUT2D eigenvalue weighted by molar-refractivity contribution is 5.89. The van der Waals surface area contributed by atoms with Crippen LogP contribution in [-0.2, 0) is 4.74 Å². The monoisotopic (exact) mass is 277 g/mol. The normalized spacial score (nSPS) is 9.65. The van der Waals surface area contributed by atoms with E-state index in [2.05, 4.69) is 5.32 Å². The van der Waals surface area contributed by atoms with E-state index in [1.54, 1.807) is 43.4 Å². The molecule has 1 rings (SSSR count). The van der Waals surface area contributed by atoms with Crippen molar-refractivity contribution in [3.05, 3.63) is 24.3 Å². The van der Waals surface area contributed by atoms with Crippen LogP contribution in [0.1, 0.15) is 6.42 Å².